The van der Waals surface area contributed by atoms with Crippen molar-refractivity contribution >= 4 is 16.7 Å². The van der Waals surface area contributed by atoms with Gasteiger partial charge in [-0.1, -0.05) is 6.92 Å². The van der Waals surface area contributed by atoms with Crippen molar-refractivity contribution in [3.8, 4) is 0 Å². The monoisotopic (exact) mass is 259 g/mol. The van der Waals surface area contributed by atoms with Gasteiger partial charge in [-0.05, 0) is 12.8 Å². The van der Waals surface area contributed by atoms with Crippen LogP contribution in [-0.4, -0.2) is 42.8 Å². The number of aryl methyl sites for hydroxylation is 1. The van der Waals surface area contributed by atoms with Crippen molar-refractivity contribution in [1.82, 2.24) is 9.36 Å². The molecule has 0 aromatic carbocycles. The Kier molecular flexibility index (Phi) is 7.87. The lowest BCUT2D eigenvalue weighted by Gasteiger charge is -2.04. The molecule has 0 radical (unpaired) electrons. The van der Waals surface area contributed by atoms with Crippen LogP contribution in [0.3, 0.4) is 0 Å². The highest BCUT2D eigenvalue weighted by molar-refractivity contribution is 7.09. The second kappa shape index (κ2) is 9.32. The number of nitrogens with zero attached hydrogens (tertiary/aromatic N) is 2. The summed E-state index contributed by atoms with van der Waals surface area (Å²) >= 11 is 1.43. The van der Waals surface area contributed by atoms with E-state index in [-0.39, 0.29) is 0 Å². The van der Waals surface area contributed by atoms with Crippen LogP contribution < -0.4 is 5.32 Å². The number of anilines is 1. The molecule has 1 aromatic rings. The van der Waals surface area contributed by atoms with Crippen LogP contribution in [0.15, 0.2) is 0 Å². The van der Waals surface area contributed by atoms with Gasteiger partial charge >= 0.3 is 0 Å². The van der Waals surface area contributed by atoms with Crippen molar-refractivity contribution in [3.63, 3.8) is 0 Å². The van der Waals surface area contributed by atoms with Crippen molar-refractivity contribution in [2.24, 2.45) is 0 Å². The normalized spacial score (nSPS) is 10.7. The number of hydrogen-bond donors (Lipinski definition) is 1. The van der Waals surface area contributed by atoms with Crippen molar-refractivity contribution in [3.05, 3.63) is 5.82 Å². The van der Waals surface area contributed by atoms with Crippen LogP contribution in [0.1, 0.15) is 25.6 Å². The largest absolute Gasteiger partial charge is 0.382 e. The predicted octanol–water partition coefficient (Wildman–Crippen LogP) is 1.96. The minimum Gasteiger partial charge on any atom is -0.382 e. The Hall–Kier alpha value is -0.720. The SMILES string of the molecule is CCc1nsc(NCCCCOCCOC)n1. The van der Waals surface area contributed by atoms with E-state index < -0.39 is 0 Å². The summed E-state index contributed by atoms with van der Waals surface area (Å²) in [4.78, 5) is 4.34. The van der Waals surface area contributed by atoms with Crippen molar-refractivity contribution in [2.75, 3.05) is 38.8 Å². The van der Waals surface area contributed by atoms with E-state index in [1.54, 1.807) is 7.11 Å². The molecule has 1 N–H and O–H groups in total. The third-order valence-electron chi connectivity index (χ3n) is 2.21. The van der Waals surface area contributed by atoms with E-state index >= 15 is 0 Å². The smallest absolute Gasteiger partial charge is 0.202 e. The maximum absolute atomic E-state index is 5.37. The minimum absolute atomic E-state index is 0.669. The number of aromatic nitrogens is 2. The number of hydrogen-bond acceptors (Lipinski definition) is 6. The molecule has 0 amide bonds. The number of ether oxygens (including phenoxy) is 2. The Morgan fingerprint density at radius 3 is 2.82 bits per heavy atom. The first-order valence-corrected chi connectivity index (χ1v) is 6.77. The highest BCUT2D eigenvalue weighted by Crippen LogP contribution is 2.11. The van der Waals surface area contributed by atoms with Gasteiger partial charge in [-0.15, -0.1) is 0 Å². The number of nitrogens with one attached hydrogen (secondary N) is 1. The van der Waals surface area contributed by atoms with Gasteiger partial charge in [0, 0.05) is 38.2 Å². The second-order valence-corrected chi connectivity index (χ2v) is 4.36. The summed E-state index contributed by atoms with van der Waals surface area (Å²) < 4.78 is 14.5. The molecule has 0 saturated heterocycles. The fraction of sp³-hybridized carbons (Fsp3) is 0.818. The molecule has 0 saturated carbocycles. The highest BCUT2D eigenvalue weighted by atomic mass is 32.1. The van der Waals surface area contributed by atoms with E-state index in [9.17, 15) is 0 Å². The molecule has 0 aliphatic rings. The third kappa shape index (κ3) is 6.55. The average Bonchev–Trinajstić information content (AvgIpc) is 2.80. The standard InChI is InChI=1S/C11H21N3O2S/c1-3-10-13-11(17-14-10)12-6-4-5-7-16-9-8-15-2/h3-9H2,1-2H3,(H,12,13,14). The molecule has 1 rings (SSSR count). The Morgan fingerprint density at radius 1 is 1.24 bits per heavy atom. The summed E-state index contributed by atoms with van der Waals surface area (Å²) in [6.45, 7) is 5.12. The summed E-state index contributed by atoms with van der Waals surface area (Å²) in [5.41, 5.74) is 0. The number of rotatable bonds is 10. The Bertz CT molecular complexity index is 294. The quantitative estimate of drug-likeness (QED) is 0.651. The van der Waals surface area contributed by atoms with Gasteiger partial charge in [-0.25, -0.2) is 4.98 Å². The van der Waals surface area contributed by atoms with Gasteiger partial charge in [-0.2, -0.15) is 4.37 Å². The van der Waals surface area contributed by atoms with Gasteiger partial charge < -0.3 is 14.8 Å². The zero-order valence-electron chi connectivity index (χ0n) is 10.6. The third-order valence-corrected chi connectivity index (χ3v) is 2.92. The van der Waals surface area contributed by atoms with Crippen LogP contribution in [0.4, 0.5) is 5.13 Å². The molecule has 0 bridgehead atoms. The lowest BCUT2D eigenvalue weighted by molar-refractivity contribution is 0.0691. The Labute approximate surface area is 107 Å². The van der Waals surface area contributed by atoms with E-state index in [0.717, 1.165) is 43.4 Å². The van der Waals surface area contributed by atoms with Crippen LogP contribution >= 0.6 is 11.5 Å². The maximum Gasteiger partial charge on any atom is 0.202 e. The highest BCUT2D eigenvalue weighted by Gasteiger charge is 2.00. The summed E-state index contributed by atoms with van der Waals surface area (Å²) in [6.07, 6.45) is 3.02. The van der Waals surface area contributed by atoms with Crippen LogP contribution in [0, 0.1) is 0 Å². The van der Waals surface area contributed by atoms with E-state index in [2.05, 4.69) is 21.6 Å². The molecule has 0 fully saturated rings. The maximum atomic E-state index is 5.37. The van der Waals surface area contributed by atoms with E-state index in [0.29, 0.717) is 13.2 Å². The topological polar surface area (TPSA) is 56.3 Å². The zero-order chi connectivity index (χ0) is 12.3. The van der Waals surface area contributed by atoms with Crippen molar-refractivity contribution in [2.45, 2.75) is 26.2 Å². The zero-order valence-corrected chi connectivity index (χ0v) is 11.4. The second-order valence-electron chi connectivity index (χ2n) is 3.61. The Morgan fingerprint density at radius 2 is 2.12 bits per heavy atom. The molecular formula is C11H21N3O2S. The molecule has 0 atom stereocenters. The molecule has 6 heteroatoms. The molecule has 1 heterocycles. The summed E-state index contributed by atoms with van der Waals surface area (Å²) in [5, 5.41) is 4.18. The summed E-state index contributed by atoms with van der Waals surface area (Å²) in [7, 11) is 1.68. The molecule has 5 nitrogen and oxygen atoms in total. The molecule has 0 spiro atoms. The molecule has 0 aliphatic carbocycles. The van der Waals surface area contributed by atoms with Crippen LogP contribution in [-0.2, 0) is 15.9 Å². The Balaban J connectivity index is 1.93. The van der Waals surface area contributed by atoms with Crippen LogP contribution in [0.2, 0.25) is 0 Å². The number of methoxy groups -OCH3 is 1. The lowest BCUT2D eigenvalue weighted by atomic mass is 10.3. The number of unbranched alkanes of at least 4 members (excludes halogenated alkanes) is 1. The first kappa shape index (κ1) is 14.3. The minimum atomic E-state index is 0.669. The molecule has 17 heavy (non-hydrogen) atoms. The van der Waals surface area contributed by atoms with Crippen molar-refractivity contribution < 1.29 is 9.47 Å². The van der Waals surface area contributed by atoms with Crippen molar-refractivity contribution in [1.29, 1.82) is 0 Å². The average molecular weight is 259 g/mol. The van der Waals surface area contributed by atoms with Gasteiger partial charge in [0.05, 0.1) is 13.2 Å². The van der Waals surface area contributed by atoms with Gasteiger partial charge in [0.1, 0.15) is 5.82 Å². The van der Waals surface area contributed by atoms with E-state index in [1.807, 2.05) is 0 Å². The summed E-state index contributed by atoms with van der Waals surface area (Å²) in [6, 6.07) is 0. The van der Waals surface area contributed by atoms with E-state index in [1.165, 1.54) is 11.5 Å². The lowest BCUT2D eigenvalue weighted by Crippen LogP contribution is -2.06. The first-order valence-electron chi connectivity index (χ1n) is 6.00. The fourth-order valence-electron chi connectivity index (χ4n) is 1.24. The molecule has 98 valence electrons. The molecular weight excluding hydrogens is 238 g/mol. The van der Waals surface area contributed by atoms with Gasteiger partial charge in [0.15, 0.2) is 0 Å². The first-order chi connectivity index (χ1) is 8.36. The van der Waals surface area contributed by atoms with Gasteiger partial charge in [0.25, 0.3) is 0 Å². The predicted molar refractivity (Wildman–Crippen MR) is 69.7 cm³/mol. The molecule has 1 aromatic heterocycles. The fourth-order valence-corrected chi connectivity index (χ4v) is 1.91. The van der Waals surface area contributed by atoms with E-state index in [4.69, 9.17) is 9.47 Å². The van der Waals surface area contributed by atoms with Gasteiger partial charge in [-0.3, -0.25) is 0 Å². The van der Waals surface area contributed by atoms with Gasteiger partial charge in [0.2, 0.25) is 5.13 Å². The van der Waals surface area contributed by atoms with Crippen LogP contribution in [0.25, 0.3) is 0 Å². The van der Waals surface area contributed by atoms with Crippen LogP contribution in [0.5, 0.6) is 0 Å². The molecule has 0 aliphatic heterocycles. The summed E-state index contributed by atoms with van der Waals surface area (Å²) in [5.74, 6) is 0.917. The molecule has 0 unspecified atom stereocenters.